The molecule has 128 valence electrons. The average Bonchev–Trinajstić information content (AvgIpc) is 3.05. The van der Waals surface area contributed by atoms with Crippen molar-refractivity contribution in [1.29, 1.82) is 0 Å². The number of rotatable bonds is 5. The monoisotopic (exact) mass is 382 g/mol. The Balaban J connectivity index is 1.66. The third kappa shape index (κ3) is 3.96. The Hall–Kier alpha value is -1.44. The molecular weight excluding hydrogens is 364 g/mol. The van der Waals surface area contributed by atoms with Crippen molar-refractivity contribution in [1.82, 2.24) is 14.6 Å². The second-order valence-electron chi connectivity index (χ2n) is 6.36. The van der Waals surface area contributed by atoms with Crippen LogP contribution in [0.15, 0.2) is 30.5 Å². The van der Waals surface area contributed by atoms with Crippen LogP contribution >= 0.6 is 22.9 Å². The molecule has 3 rings (SSSR count). The van der Waals surface area contributed by atoms with Gasteiger partial charge in [0.2, 0.25) is 10.1 Å². The second kappa shape index (κ2) is 6.82. The van der Waals surface area contributed by atoms with Gasteiger partial charge in [-0.1, -0.05) is 35.1 Å². The minimum atomic E-state index is -0.869. The van der Waals surface area contributed by atoms with Gasteiger partial charge in [-0.25, -0.2) is 9.50 Å². The minimum absolute atomic E-state index is 0.188. The second-order valence-corrected chi connectivity index (χ2v) is 10.1. The van der Waals surface area contributed by atoms with E-state index < -0.39 is 10.8 Å². The number of hydrogen-bond acceptors (Lipinski definition) is 5. The van der Waals surface area contributed by atoms with Gasteiger partial charge in [0.15, 0.2) is 0 Å². The van der Waals surface area contributed by atoms with Gasteiger partial charge in [-0.15, -0.1) is 5.10 Å². The molecule has 1 atom stereocenters. The molecule has 0 aliphatic carbocycles. The van der Waals surface area contributed by atoms with Gasteiger partial charge in [0.25, 0.3) is 0 Å². The molecule has 0 bridgehead atoms. The van der Waals surface area contributed by atoms with E-state index in [1.54, 1.807) is 4.52 Å². The molecule has 2 heterocycles. The standard InChI is InChI=1S/C16H19ClN4OS2/c1-16(2,3)24(22)9-8-18-14-20-21-10-13(19-15(21)23-14)11-4-6-12(17)7-5-11/h4-7,10H,8-9H2,1-3H3,(H,18,20). The number of aromatic nitrogens is 3. The molecule has 3 aromatic rings. The zero-order valence-electron chi connectivity index (χ0n) is 13.7. The highest BCUT2D eigenvalue weighted by Gasteiger charge is 2.18. The van der Waals surface area contributed by atoms with E-state index in [9.17, 15) is 4.21 Å². The first-order chi connectivity index (χ1) is 11.3. The first-order valence-electron chi connectivity index (χ1n) is 7.57. The fraction of sp³-hybridized carbons (Fsp3) is 0.375. The third-order valence-electron chi connectivity index (χ3n) is 3.43. The van der Waals surface area contributed by atoms with E-state index in [-0.39, 0.29) is 4.75 Å². The van der Waals surface area contributed by atoms with Crippen LogP contribution in [-0.2, 0) is 10.8 Å². The molecule has 1 aromatic carbocycles. The Bertz CT molecular complexity index is 833. The topological polar surface area (TPSA) is 59.3 Å². The Morgan fingerprint density at radius 1 is 1.29 bits per heavy atom. The summed E-state index contributed by atoms with van der Waals surface area (Å²) in [6, 6.07) is 7.58. The molecule has 24 heavy (non-hydrogen) atoms. The summed E-state index contributed by atoms with van der Waals surface area (Å²) in [5.41, 5.74) is 1.87. The van der Waals surface area contributed by atoms with Crippen LogP contribution in [0.5, 0.6) is 0 Å². The van der Waals surface area contributed by atoms with E-state index in [4.69, 9.17) is 11.6 Å². The van der Waals surface area contributed by atoms with Gasteiger partial charge in [0, 0.05) is 38.4 Å². The fourth-order valence-electron chi connectivity index (χ4n) is 2.09. The lowest BCUT2D eigenvalue weighted by Gasteiger charge is -2.17. The van der Waals surface area contributed by atoms with Crippen molar-refractivity contribution in [3.8, 4) is 11.3 Å². The molecule has 0 saturated heterocycles. The number of nitrogens with zero attached hydrogens (tertiary/aromatic N) is 3. The summed E-state index contributed by atoms with van der Waals surface area (Å²) in [7, 11) is -0.869. The van der Waals surface area contributed by atoms with Gasteiger partial charge in [-0.05, 0) is 32.9 Å². The average molecular weight is 383 g/mol. The summed E-state index contributed by atoms with van der Waals surface area (Å²) in [4.78, 5) is 5.41. The minimum Gasteiger partial charge on any atom is -0.359 e. The zero-order chi connectivity index (χ0) is 17.3. The Kier molecular flexibility index (Phi) is 4.94. The predicted octanol–water partition coefficient (Wildman–Crippen LogP) is 4.07. The van der Waals surface area contributed by atoms with Crippen molar-refractivity contribution in [3.63, 3.8) is 0 Å². The highest BCUT2D eigenvalue weighted by Crippen LogP contribution is 2.25. The molecule has 0 saturated carbocycles. The molecule has 8 heteroatoms. The summed E-state index contributed by atoms with van der Waals surface area (Å²) in [6.45, 7) is 6.58. The Morgan fingerprint density at radius 3 is 2.62 bits per heavy atom. The van der Waals surface area contributed by atoms with E-state index in [1.165, 1.54) is 11.3 Å². The maximum Gasteiger partial charge on any atom is 0.214 e. The molecule has 0 amide bonds. The number of halogens is 1. The lowest BCUT2D eigenvalue weighted by molar-refractivity contribution is 0.649. The van der Waals surface area contributed by atoms with E-state index in [2.05, 4.69) is 15.4 Å². The van der Waals surface area contributed by atoms with Crippen LogP contribution in [0.2, 0.25) is 5.02 Å². The Labute approximate surface area is 152 Å². The van der Waals surface area contributed by atoms with Gasteiger partial charge < -0.3 is 5.32 Å². The highest BCUT2D eigenvalue weighted by atomic mass is 35.5. The van der Waals surface area contributed by atoms with Gasteiger partial charge >= 0.3 is 0 Å². The Morgan fingerprint density at radius 2 is 2.00 bits per heavy atom. The molecule has 5 nitrogen and oxygen atoms in total. The lowest BCUT2D eigenvalue weighted by atomic mass is 10.2. The number of anilines is 1. The summed E-state index contributed by atoms with van der Waals surface area (Å²) < 4.78 is 13.6. The molecule has 1 unspecified atom stereocenters. The summed E-state index contributed by atoms with van der Waals surface area (Å²) in [5.74, 6) is 0.599. The number of hydrogen-bond donors (Lipinski definition) is 1. The first-order valence-corrected chi connectivity index (χ1v) is 10.1. The van der Waals surface area contributed by atoms with E-state index >= 15 is 0 Å². The van der Waals surface area contributed by atoms with E-state index in [1.807, 2.05) is 51.2 Å². The molecular formula is C16H19ClN4OS2. The molecule has 1 N–H and O–H groups in total. The van der Waals surface area contributed by atoms with E-state index in [0.29, 0.717) is 17.3 Å². The van der Waals surface area contributed by atoms with Crippen LogP contribution in [-0.4, -0.2) is 35.9 Å². The zero-order valence-corrected chi connectivity index (χ0v) is 16.1. The quantitative estimate of drug-likeness (QED) is 0.722. The molecule has 0 aliphatic rings. The summed E-state index contributed by atoms with van der Waals surface area (Å²) >= 11 is 7.39. The van der Waals surface area contributed by atoms with Crippen molar-refractivity contribution >= 4 is 43.8 Å². The predicted molar refractivity (Wildman–Crippen MR) is 103 cm³/mol. The summed E-state index contributed by atoms with van der Waals surface area (Å²) in [6.07, 6.45) is 1.90. The molecule has 0 aliphatic heterocycles. The largest absolute Gasteiger partial charge is 0.359 e. The van der Waals surface area contributed by atoms with Crippen LogP contribution in [0.25, 0.3) is 16.2 Å². The van der Waals surface area contributed by atoms with Gasteiger partial charge in [0.1, 0.15) is 0 Å². The van der Waals surface area contributed by atoms with Crippen molar-refractivity contribution < 1.29 is 4.21 Å². The van der Waals surface area contributed by atoms with Crippen molar-refractivity contribution in [2.24, 2.45) is 0 Å². The lowest BCUT2D eigenvalue weighted by Crippen LogP contribution is -2.27. The van der Waals surface area contributed by atoms with Crippen LogP contribution in [0, 0.1) is 0 Å². The van der Waals surface area contributed by atoms with Gasteiger partial charge in [-0.3, -0.25) is 4.21 Å². The van der Waals surface area contributed by atoms with Gasteiger partial charge in [0.05, 0.1) is 11.9 Å². The number of benzene rings is 1. The van der Waals surface area contributed by atoms with Crippen LogP contribution < -0.4 is 5.32 Å². The van der Waals surface area contributed by atoms with E-state index in [0.717, 1.165) is 21.3 Å². The van der Waals surface area contributed by atoms with Crippen molar-refractivity contribution in [2.45, 2.75) is 25.5 Å². The van der Waals surface area contributed by atoms with Crippen LogP contribution in [0.3, 0.4) is 0 Å². The molecule has 2 aromatic heterocycles. The van der Waals surface area contributed by atoms with Crippen molar-refractivity contribution in [3.05, 3.63) is 35.5 Å². The number of imidazole rings is 1. The smallest absolute Gasteiger partial charge is 0.214 e. The summed E-state index contributed by atoms with van der Waals surface area (Å²) in [5, 5.41) is 9.19. The van der Waals surface area contributed by atoms with Gasteiger partial charge in [-0.2, -0.15) is 0 Å². The molecule has 0 fully saturated rings. The molecule has 0 spiro atoms. The number of fused-ring (bicyclic) bond motifs is 1. The van der Waals surface area contributed by atoms with Crippen molar-refractivity contribution in [2.75, 3.05) is 17.6 Å². The SMILES string of the molecule is CC(C)(C)S(=O)CCNc1nn2cc(-c3ccc(Cl)cc3)nc2s1. The number of nitrogens with one attached hydrogen (secondary N) is 1. The maximum absolute atomic E-state index is 12.0. The molecule has 0 radical (unpaired) electrons. The van der Waals surface area contributed by atoms with Crippen LogP contribution in [0.4, 0.5) is 5.13 Å². The highest BCUT2D eigenvalue weighted by molar-refractivity contribution is 7.86. The first kappa shape index (κ1) is 17.4. The third-order valence-corrected chi connectivity index (χ3v) is 6.50. The fourth-order valence-corrected chi connectivity index (χ4v) is 3.92. The normalized spacial score (nSPS) is 13.3. The maximum atomic E-state index is 12.0. The van der Waals surface area contributed by atoms with Crippen LogP contribution in [0.1, 0.15) is 20.8 Å².